The third-order valence-corrected chi connectivity index (χ3v) is 5.31. The standard InChI is InChI=1S/C14H19N5O2/c15-4-9-1-7-2-11(7)19(9)14(21)10(16)6-18-5-8-3-12(18)13(20)17-8/h7-12H,1-3,5-6,16H2,(H,17,20)/t7?,8-,9?,10?,11?,12?/m0/s1. The van der Waals surface area contributed by atoms with E-state index in [0.29, 0.717) is 12.5 Å². The number of likely N-dealkylation sites (tertiary alicyclic amines) is 2. The average molecular weight is 289 g/mol. The van der Waals surface area contributed by atoms with Crippen LogP contribution >= 0.6 is 0 Å². The summed E-state index contributed by atoms with van der Waals surface area (Å²) in [7, 11) is 0. The minimum Gasteiger partial charge on any atom is -0.351 e. The lowest BCUT2D eigenvalue weighted by Gasteiger charge is -2.31. The van der Waals surface area contributed by atoms with E-state index < -0.39 is 6.04 Å². The van der Waals surface area contributed by atoms with Gasteiger partial charge in [-0.1, -0.05) is 0 Å². The van der Waals surface area contributed by atoms with Crippen molar-refractivity contribution in [3.63, 3.8) is 0 Å². The number of nitriles is 1. The number of nitrogens with zero attached hydrogens (tertiary/aromatic N) is 3. The van der Waals surface area contributed by atoms with Crippen LogP contribution < -0.4 is 11.1 Å². The third kappa shape index (κ3) is 1.93. The zero-order valence-electron chi connectivity index (χ0n) is 11.7. The summed E-state index contributed by atoms with van der Waals surface area (Å²) in [6.45, 7) is 1.17. The number of rotatable bonds is 3. The highest BCUT2D eigenvalue weighted by atomic mass is 16.2. The molecule has 0 aromatic heterocycles. The Morgan fingerprint density at radius 3 is 2.95 bits per heavy atom. The van der Waals surface area contributed by atoms with E-state index in [0.717, 1.165) is 25.8 Å². The van der Waals surface area contributed by atoms with Crippen LogP contribution in [0.4, 0.5) is 0 Å². The van der Waals surface area contributed by atoms with E-state index >= 15 is 0 Å². The van der Waals surface area contributed by atoms with Crippen LogP contribution in [-0.2, 0) is 9.59 Å². The second-order valence-electron chi connectivity index (χ2n) is 6.71. The van der Waals surface area contributed by atoms with Crippen LogP contribution in [0.5, 0.6) is 0 Å². The van der Waals surface area contributed by atoms with Crippen molar-refractivity contribution in [1.82, 2.24) is 15.1 Å². The Morgan fingerprint density at radius 1 is 1.48 bits per heavy atom. The van der Waals surface area contributed by atoms with Crippen LogP contribution in [0.25, 0.3) is 0 Å². The third-order valence-electron chi connectivity index (χ3n) is 5.31. The van der Waals surface area contributed by atoms with Crippen molar-refractivity contribution in [2.75, 3.05) is 13.1 Å². The second kappa shape index (κ2) is 4.42. The molecule has 2 bridgehead atoms. The first-order chi connectivity index (χ1) is 10.1. The normalized spacial score (nSPS) is 41.6. The van der Waals surface area contributed by atoms with Gasteiger partial charge in [0.15, 0.2) is 0 Å². The molecule has 21 heavy (non-hydrogen) atoms. The number of carbonyl (C=O) groups excluding carboxylic acids is 2. The molecule has 0 aromatic rings. The Labute approximate surface area is 123 Å². The molecule has 3 aliphatic heterocycles. The molecule has 2 amide bonds. The van der Waals surface area contributed by atoms with Gasteiger partial charge in [-0.25, -0.2) is 0 Å². The topological polar surface area (TPSA) is 102 Å². The number of amides is 2. The minimum atomic E-state index is -0.646. The molecule has 1 aliphatic carbocycles. The molecule has 6 atom stereocenters. The Bertz CT molecular complexity index is 544. The zero-order chi connectivity index (χ0) is 14.7. The van der Waals surface area contributed by atoms with Crippen molar-refractivity contribution in [2.45, 2.75) is 49.5 Å². The highest BCUT2D eigenvalue weighted by Gasteiger charge is 2.55. The van der Waals surface area contributed by atoms with E-state index in [-0.39, 0.29) is 36.0 Å². The van der Waals surface area contributed by atoms with Crippen molar-refractivity contribution >= 4 is 11.8 Å². The summed E-state index contributed by atoms with van der Waals surface area (Å²) < 4.78 is 0. The fraction of sp³-hybridized carbons (Fsp3) is 0.786. The molecule has 4 rings (SSSR count). The summed E-state index contributed by atoms with van der Waals surface area (Å²) >= 11 is 0. The van der Waals surface area contributed by atoms with Gasteiger partial charge in [0.1, 0.15) is 6.04 Å². The van der Waals surface area contributed by atoms with Gasteiger partial charge >= 0.3 is 0 Å². The lowest BCUT2D eigenvalue weighted by Crippen LogP contribution is -2.56. The van der Waals surface area contributed by atoms with Gasteiger partial charge in [-0.15, -0.1) is 0 Å². The Morgan fingerprint density at radius 2 is 2.29 bits per heavy atom. The summed E-state index contributed by atoms with van der Waals surface area (Å²) in [5.41, 5.74) is 6.08. The Balaban J connectivity index is 1.41. The molecule has 112 valence electrons. The van der Waals surface area contributed by atoms with Crippen molar-refractivity contribution < 1.29 is 9.59 Å². The molecule has 4 aliphatic rings. The van der Waals surface area contributed by atoms with Gasteiger partial charge in [0.2, 0.25) is 11.8 Å². The van der Waals surface area contributed by atoms with Gasteiger partial charge in [0.05, 0.1) is 18.2 Å². The fourth-order valence-electron chi connectivity index (χ4n) is 4.19. The highest BCUT2D eigenvalue weighted by molar-refractivity contribution is 5.86. The van der Waals surface area contributed by atoms with E-state index in [1.165, 1.54) is 0 Å². The molecule has 0 radical (unpaired) electrons. The molecule has 7 heteroatoms. The molecule has 5 unspecified atom stereocenters. The summed E-state index contributed by atoms with van der Waals surface area (Å²) in [6.07, 6.45) is 2.61. The predicted octanol–water partition coefficient (Wildman–Crippen LogP) is -1.60. The van der Waals surface area contributed by atoms with E-state index in [1.54, 1.807) is 4.90 Å². The minimum absolute atomic E-state index is 0.0456. The fourth-order valence-corrected chi connectivity index (χ4v) is 4.19. The number of fused-ring (bicyclic) bond motifs is 3. The quantitative estimate of drug-likeness (QED) is 0.651. The first-order valence-corrected chi connectivity index (χ1v) is 7.60. The zero-order valence-corrected chi connectivity index (χ0v) is 11.7. The molecule has 0 spiro atoms. The first kappa shape index (κ1) is 13.0. The molecule has 3 N–H and O–H groups in total. The van der Waals surface area contributed by atoms with Crippen molar-refractivity contribution in [3.8, 4) is 6.07 Å². The van der Waals surface area contributed by atoms with Crippen LogP contribution in [-0.4, -0.2) is 64.9 Å². The number of piperazine rings is 1. The lowest BCUT2D eigenvalue weighted by molar-refractivity contribution is -0.135. The first-order valence-electron chi connectivity index (χ1n) is 7.60. The van der Waals surface area contributed by atoms with Crippen LogP contribution in [0.15, 0.2) is 0 Å². The predicted molar refractivity (Wildman–Crippen MR) is 72.6 cm³/mol. The number of piperidine rings is 1. The number of nitrogens with one attached hydrogen (secondary N) is 1. The maximum atomic E-state index is 12.5. The maximum Gasteiger partial charge on any atom is 0.242 e. The summed E-state index contributed by atoms with van der Waals surface area (Å²) in [5.74, 6) is 0.415. The van der Waals surface area contributed by atoms with Gasteiger partial charge in [0.25, 0.3) is 0 Å². The van der Waals surface area contributed by atoms with Gasteiger partial charge in [-0.2, -0.15) is 5.26 Å². The molecule has 3 saturated heterocycles. The summed E-state index contributed by atoms with van der Waals surface area (Å²) in [5, 5.41) is 12.1. The highest BCUT2D eigenvalue weighted by Crippen LogP contribution is 2.47. The largest absolute Gasteiger partial charge is 0.351 e. The van der Waals surface area contributed by atoms with Gasteiger partial charge in [-0.05, 0) is 25.2 Å². The Kier molecular flexibility index (Phi) is 2.75. The van der Waals surface area contributed by atoms with Crippen molar-refractivity contribution in [2.24, 2.45) is 11.7 Å². The molecule has 7 nitrogen and oxygen atoms in total. The molecule has 3 heterocycles. The van der Waals surface area contributed by atoms with Crippen LogP contribution in [0.3, 0.4) is 0 Å². The van der Waals surface area contributed by atoms with Crippen molar-refractivity contribution in [1.29, 1.82) is 5.26 Å². The monoisotopic (exact) mass is 289 g/mol. The maximum absolute atomic E-state index is 12.5. The number of carbonyl (C=O) groups is 2. The van der Waals surface area contributed by atoms with Crippen LogP contribution in [0.1, 0.15) is 19.3 Å². The van der Waals surface area contributed by atoms with E-state index in [4.69, 9.17) is 11.0 Å². The molecule has 1 saturated carbocycles. The summed E-state index contributed by atoms with van der Waals surface area (Å²) in [4.78, 5) is 27.9. The lowest BCUT2D eigenvalue weighted by atomic mass is 10.1. The van der Waals surface area contributed by atoms with Gasteiger partial charge in [-0.3, -0.25) is 14.5 Å². The van der Waals surface area contributed by atoms with Crippen LogP contribution in [0.2, 0.25) is 0 Å². The number of nitrogens with two attached hydrogens (primary N) is 1. The molecule has 4 fully saturated rings. The van der Waals surface area contributed by atoms with E-state index in [1.807, 2.05) is 4.90 Å². The summed E-state index contributed by atoms with van der Waals surface area (Å²) in [6, 6.07) is 1.55. The van der Waals surface area contributed by atoms with Crippen molar-refractivity contribution in [3.05, 3.63) is 0 Å². The average Bonchev–Trinajstić information content (AvgIpc) is 2.82. The van der Waals surface area contributed by atoms with Gasteiger partial charge in [0, 0.05) is 25.2 Å². The van der Waals surface area contributed by atoms with E-state index in [9.17, 15) is 9.59 Å². The van der Waals surface area contributed by atoms with Crippen LogP contribution in [0, 0.1) is 17.2 Å². The Hall–Kier alpha value is -1.65. The number of hydrogen-bond acceptors (Lipinski definition) is 5. The molecular weight excluding hydrogens is 270 g/mol. The van der Waals surface area contributed by atoms with Gasteiger partial charge < -0.3 is 16.0 Å². The smallest absolute Gasteiger partial charge is 0.242 e. The molecule has 0 aromatic carbocycles. The van der Waals surface area contributed by atoms with E-state index in [2.05, 4.69) is 11.4 Å². The second-order valence-corrected chi connectivity index (χ2v) is 6.71. The molecular formula is C14H19N5O2. The number of hydrogen-bond donors (Lipinski definition) is 2. The SMILES string of the molecule is N#CC1CC2CC2N1C(=O)C(N)CN1C[C@@H]2CC1C(=O)N2.